The Morgan fingerprint density at radius 2 is 2.42 bits per heavy atom. The molecule has 6 nitrogen and oxygen atoms in total. The number of anilines is 1. The predicted octanol–water partition coefficient (Wildman–Crippen LogP) is 1.00. The smallest absolute Gasteiger partial charge is 0.247 e. The molecule has 0 radical (unpaired) electrons. The monoisotopic (exact) mass is 277 g/mol. The zero-order chi connectivity index (χ0) is 13.4. The van der Waals surface area contributed by atoms with E-state index in [4.69, 9.17) is 5.73 Å². The summed E-state index contributed by atoms with van der Waals surface area (Å²) in [6.45, 7) is 0. The molecule has 3 N–H and O–H groups in total. The van der Waals surface area contributed by atoms with E-state index in [9.17, 15) is 4.79 Å². The van der Waals surface area contributed by atoms with Crippen molar-refractivity contribution < 1.29 is 4.79 Å². The minimum absolute atomic E-state index is 0.250. The summed E-state index contributed by atoms with van der Waals surface area (Å²) in [4.78, 5) is 17.7. The molecule has 2 heterocycles. The molecule has 0 spiro atoms. The van der Waals surface area contributed by atoms with Crippen molar-refractivity contribution in [3.05, 3.63) is 28.5 Å². The number of nitrogens with zero attached hydrogens (tertiary/aromatic N) is 3. The number of amides is 1. The fourth-order valence-corrected chi connectivity index (χ4v) is 3.23. The molecule has 0 bridgehead atoms. The van der Waals surface area contributed by atoms with Gasteiger partial charge in [-0.2, -0.15) is 5.10 Å². The molecule has 1 amide bonds. The molecule has 1 atom stereocenters. The van der Waals surface area contributed by atoms with Crippen molar-refractivity contribution in [3.63, 3.8) is 0 Å². The third-order valence-corrected chi connectivity index (χ3v) is 4.27. The molecule has 0 aromatic carbocycles. The van der Waals surface area contributed by atoms with E-state index in [-0.39, 0.29) is 5.91 Å². The van der Waals surface area contributed by atoms with Gasteiger partial charge >= 0.3 is 0 Å². The second-order valence-corrected chi connectivity index (χ2v) is 5.74. The summed E-state index contributed by atoms with van der Waals surface area (Å²) in [6, 6.07) is -0.715. The van der Waals surface area contributed by atoms with Gasteiger partial charge in [-0.1, -0.05) is 0 Å². The molecule has 7 heteroatoms. The quantitative estimate of drug-likeness (QED) is 0.876. The number of nitrogens with one attached hydrogen (secondary N) is 1. The van der Waals surface area contributed by atoms with Gasteiger partial charge in [0.1, 0.15) is 6.04 Å². The van der Waals surface area contributed by atoms with Gasteiger partial charge in [-0.3, -0.25) is 9.48 Å². The lowest BCUT2D eigenvalue weighted by molar-refractivity contribution is -0.117. The van der Waals surface area contributed by atoms with Crippen LogP contribution in [-0.4, -0.2) is 20.7 Å². The molecule has 1 aliphatic rings. The first kappa shape index (κ1) is 12.3. The Morgan fingerprint density at radius 1 is 1.58 bits per heavy atom. The van der Waals surface area contributed by atoms with Gasteiger partial charge in [0.2, 0.25) is 5.91 Å². The fraction of sp³-hybridized carbons (Fsp3) is 0.417. The highest BCUT2D eigenvalue weighted by Crippen LogP contribution is 2.30. The number of rotatable bonds is 3. The first-order chi connectivity index (χ1) is 9.13. The third kappa shape index (κ3) is 2.39. The average Bonchev–Trinajstić information content (AvgIpc) is 3.03. The van der Waals surface area contributed by atoms with Gasteiger partial charge in [0.05, 0.1) is 11.9 Å². The van der Waals surface area contributed by atoms with Crippen LogP contribution in [0.15, 0.2) is 12.4 Å². The van der Waals surface area contributed by atoms with Crippen LogP contribution >= 0.6 is 11.3 Å². The van der Waals surface area contributed by atoms with Gasteiger partial charge in [0, 0.05) is 23.7 Å². The molecule has 1 aliphatic carbocycles. The Morgan fingerprint density at radius 3 is 3.11 bits per heavy atom. The van der Waals surface area contributed by atoms with Crippen LogP contribution in [0.3, 0.4) is 0 Å². The number of aromatic nitrogens is 3. The highest BCUT2D eigenvalue weighted by Gasteiger charge is 2.21. The zero-order valence-corrected chi connectivity index (χ0v) is 11.4. The van der Waals surface area contributed by atoms with Crippen molar-refractivity contribution in [2.24, 2.45) is 12.8 Å². The average molecular weight is 277 g/mol. The minimum atomic E-state index is -0.715. The van der Waals surface area contributed by atoms with Gasteiger partial charge < -0.3 is 11.1 Å². The summed E-state index contributed by atoms with van der Waals surface area (Å²) in [6.07, 6.45) is 6.59. The molecule has 3 rings (SSSR count). The van der Waals surface area contributed by atoms with Crippen molar-refractivity contribution in [2.45, 2.75) is 25.3 Å². The van der Waals surface area contributed by atoms with Gasteiger partial charge in [-0.15, -0.1) is 11.3 Å². The predicted molar refractivity (Wildman–Crippen MR) is 72.9 cm³/mol. The highest BCUT2D eigenvalue weighted by molar-refractivity contribution is 7.15. The molecule has 19 heavy (non-hydrogen) atoms. The number of aryl methyl sites for hydroxylation is 3. The van der Waals surface area contributed by atoms with Crippen molar-refractivity contribution in [2.75, 3.05) is 5.32 Å². The lowest BCUT2D eigenvalue weighted by Gasteiger charge is -2.08. The van der Waals surface area contributed by atoms with Crippen LogP contribution < -0.4 is 11.1 Å². The first-order valence-corrected chi connectivity index (χ1v) is 6.98. The second-order valence-electron chi connectivity index (χ2n) is 4.66. The van der Waals surface area contributed by atoms with Crippen LogP contribution in [0, 0.1) is 0 Å². The van der Waals surface area contributed by atoms with Crippen molar-refractivity contribution in [1.29, 1.82) is 0 Å². The van der Waals surface area contributed by atoms with Crippen LogP contribution in [0.4, 0.5) is 5.13 Å². The van der Waals surface area contributed by atoms with E-state index in [1.54, 1.807) is 35.5 Å². The summed E-state index contributed by atoms with van der Waals surface area (Å²) in [7, 11) is 1.79. The maximum atomic E-state index is 12.0. The SMILES string of the molecule is Cn1cc(C(N)C(=O)Nc2nc3c(s2)CCC3)cn1. The maximum Gasteiger partial charge on any atom is 0.247 e. The Kier molecular flexibility index (Phi) is 3.08. The molecular formula is C12H15N5OS. The third-order valence-electron chi connectivity index (χ3n) is 3.19. The van der Waals surface area contributed by atoms with E-state index >= 15 is 0 Å². The lowest BCUT2D eigenvalue weighted by Crippen LogP contribution is -2.27. The van der Waals surface area contributed by atoms with Gasteiger partial charge in [0.25, 0.3) is 0 Å². The zero-order valence-electron chi connectivity index (χ0n) is 10.6. The molecule has 2 aromatic heterocycles. The van der Waals surface area contributed by atoms with Crippen molar-refractivity contribution in [3.8, 4) is 0 Å². The molecule has 1 unspecified atom stereocenters. The van der Waals surface area contributed by atoms with Crippen molar-refractivity contribution >= 4 is 22.4 Å². The topological polar surface area (TPSA) is 85.8 Å². The molecule has 0 aliphatic heterocycles. The van der Waals surface area contributed by atoms with E-state index in [0.717, 1.165) is 25.0 Å². The van der Waals surface area contributed by atoms with Crippen LogP contribution in [0.2, 0.25) is 0 Å². The Balaban J connectivity index is 1.70. The lowest BCUT2D eigenvalue weighted by atomic mass is 10.1. The minimum Gasteiger partial charge on any atom is -0.316 e. The van der Waals surface area contributed by atoms with Gasteiger partial charge in [-0.25, -0.2) is 4.98 Å². The van der Waals surface area contributed by atoms with Crippen LogP contribution in [0.5, 0.6) is 0 Å². The number of hydrogen-bond acceptors (Lipinski definition) is 5. The molecule has 0 saturated carbocycles. The number of carbonyl (C=O) groups is 1. The number of carbonyl (C=O) groups excluding carboxylic acids is 1. The first-order valence-electron chi connectivity index (χ1n) is 6.17. The number of hydrogen-bond donors (Lipinski definition) is 2. The number of fused-ring (bicyclic) bond motifs is 1. The molecular weight excluding hydrogens is 262 g/mol. The van der Waals surface area contributed by atoms with Crippen molar-refractivity contribution in [1.82, 2.24) is 14.8 Å². The summed E-state index contributed by atoms with van der Waals surface area (Å²) in [5.74, 6) is -0.250. The van der Waals surface area contributed by atoms with Gasteiger partial charge in [-0.05, 0) is 19.3 Å². The number of nitrogens with two attached hydrogens (primary N) is 1. The van der Waals surface area contributed by atoms with Crippen LogP contribution in [0.25, 0.3) is 0 Å². The standard InChI is InChI=1S/C12H15N5OS/c1-17-6-7(5-14-17)10(13)11(18)16-12-15-8-3-2-4-9(8)19-12/h5-6,10H,2-4,13H2,1H3,(H,15,16,18). The largest absolute Gasteiger partial charge is 0.316 e. The normalized spacial score (nSPS) is 15.3. The fourth-order valence-electron chi connectivity index (χ4n) is 2.18. The Labute approximate surface area is 114 Å². The van der Waals surface area contributed by atoms with Crippen LogP contribution in [0.1, 0.15) is 28.6 Å². The van der Waals surface area contributed by atoms with Crippen LogP contribution in [-0.2, 0) is 24.7 Å². The van der Waals surface area contributed by atoms with E-state index in [1.807, 2.05) is 0 Å². The number of thiazole rings is 1. The Bertz CT molecular complexity index is 596. The Hall–Kier alpha value is -1.73. The summed E-state index contributed by atoms with van der Waals surface area (Å²) in [5, 5.41) is 7.44. The summed E-state index contributed by atoms with van der Waals surface area (Å²) >= 11 is 1.55. The van der Waals surface area contributed by atoms with E-state index in [1.165, 1.54) is 4.88 Å². The van der Waals surface area contributed by atoms with E-state index in [2.05, 4.69) is 15.4 Å². The van der Waals surface area contributed by atoms with Gasteiger partial charge in [0.15, 0.2) is 5.13 Å². The second kappa shape index (κ2) is 4.75. The van der Waals surface area contributed by atoms with E-state index < -0.39 is 6.04 Å². The van der Waals surface area contributed by atoms with E-state index in [0.29, 0.717) is 10.7 Å². The molecule has 2 aromatic rings. The molecule has 0 saturated heterocycles. The summed E-state index contributed by atoms with van der Waals surface area (Å²) < 4.78 is 1.63. The molecule has 0 fully saturated rings. The maximum absolute atomic E-state index is 12.0. The highest BCUT2D eigenvalue weighted by atomic mass is 32.1. The summed E-state index contributed by atoms with van der Waals surface area (Å²) in [5.41, 5.74) is 7.72. The molecule has 100 valence electrons.